The van der Waals surface area contributed by atoms with Gasteiger partial charge < -0.3 is 14.5 Å². The van der Waals surface area contributed by atoms with Crippen LogP contribution >= 0.6 is 0 Å². The van der Waals surface area contributed by atoms with E-state index in [9.17, 15) is 0 Å². The number of aromatic nitrogens is 2. The highest BCUT2D eigenvalue weighted by atomic mass is 16.5. The van der Waals surface area contributed by atoms with Crippen molar-refractivity contribution in [3.8, 4) is 28.4 Å². The molecule has 7 aromatic rings. The van der Waals surface area contributed by atoms with E-state index in [0.717, 1.165) is 46.3 Å². The van der Waals surface area contributed by atoms with Gasteiger partial charge in [-0.05, 0) is 105 Å². The van der Waals surface area contributed by atoms with Crippen LogP contribution in [0.2, 0.25) is 0 Å². The van der Waals surface area contributed by atoms with Gasteiger partial charge in [-0.2, -0.15) is 0 Å². The second-order valence-corrected chi connectivity index (χ2v) is 12.4. The summed E-state index contributed by atoms with van der Waals surface area (Å²) in [5.41, 5.74) is 10.7. The van der Waals surface area contributed by atoms with Crippen LogP contribution in [0.25, 0.3) is 38.8 Å². The third-order valence-electron chi connectivity index (χ3n) is 9.15. The third kappa shape index (κ3) is 4.67. The van der Waals surface area contributed by atoms with Crippen molar-refractivity contribution < 1.29 is 4.74 Å². The zero-order valence-corrected chi connectivity index (χ0v) is 26.6. The average Bonchev–Trinajstić information content (AvgIpc) is 3.61. The molecule has 0 unspecified atom stereocenters. The monoisotopic (exact) mass is 600 g/mol. The largest absolute Gasteiger partial charge is 0.457 e. The topological polar surface area (TPSA) is 33.5 Å². The lowest BCUT2D eigenvalue weighted by molar-refractivity contribution is 0.483. The van der Waals surface area contributed by atoms with E-state index in [0.29, 0.717) is 6.04 Å². The second kappa shape index (κ2) is 11.1. The highest BCUT2D eigenvalue weighted by Gasteiger charge is 2.28. The number of para-hydroxylation sites is 3. The highest BCUT2D eigenvalue weighted by Crippen LogP contribution is 2.43. The molecule has 1 aliphatic heterocycles. The molecule has 0 atom stereocenters. The van der Waals surface area contributed by atoms with Gasteiger partial charge in [0, 0.05) is 40.8 Å². The van der Waals surface area contributed by atoms with E-state index in [4.69, 9.17) is 9.72 Å². The Morgan fingerprint density at radius 2 is 1.37 bits per heavy atom. The predicted molar refractivity (Wildman–Crippen MR) is 191 cm³/mol. The minimum atomic E-state index is 0.403. The van der Waals surface area contributed by atoms with Crippen molar-refractivity contribution >= 4 is 38.9 Å². The Morgan fingerprint density at radius 1 is 0.652 bits per heavy atom. The lowest BCUT2D eigenvalue weighted by atomic mass is 9.96. The van der Waals surface area contributed by atoms with Gasteiger partial charge in [0.2, 0.25) is 0 Å². The lowest BCUT2D eigenvalue weighted by Crippen LogP contribution is -2.33. The molecule has 8 rings (SSSR count). The summed E-state index contributed by atoms with van der Waals surface area (Å²) in [6, 6.07) is 43.1. The van der Waals surface area contributed by atoms with E-state index >= 15 is 0 Å². The van der Waals surface area contributed by atoms with Crippen molar-refractivity contribution in [2.75, 3.05) is 16.5 Å². The summed E-state index contributed by atoms with van der Waals surface area (Å²) in [6.07, 6.45) is 1.92. The number of aryl methyl sites for hydroxylation is 2. The van der Waals surface area contributed by atoms with Crippen LogP contribution in [0, 0.1) is 13.8 Å². The van der Waals surface area contributed by atoms with Crippen LogP contribution in [-0.4, -0.2) is 22.3 Å². The molecule has 5 heteroatoms. The SMILES string of the molecule is Cc1cccc(C)c1-c1ccnc(-n2c3ccccc3c3ccc(Oc4cccc(N5CN(C(C)C)c6ccccc65)c4)cc32)c1. The lowest BCUT2D eigenvalue weighted by Gasteiger charge is -2.25. The first kappa shape index (κ1) is 28.0. The summed E-state index contributed by atoms with van der Waals surface area (Å²) in [7, 11) is 0. The van der Waals surface area contributed by atoms with Crippen molar-refractivity contribution in [2.45, 2.75) is 33.7 Å². The number of hydrogen-bond donors (Lipinski definition) is 0. The maximum atomic E-state index is 6.59. The first-order chi connectivity index (χ1) is 22.5. The summed E-state index contributed by atoms with van der Waals surface area (Å²) < 4.78 is 8.84. The fraction of sp³-hybridized carbons (Fsp3) is 0.146. The normalized spacial score (nSPS) is 12.8. The van der Waals surface area contributed by atoms with Gasteiger partial charge in [0.05, 0.1) is 29.1 Å². The van der Waals surface area contributed by atoms with Crippen LogP contribution in [-0.2, 0) is 0 Å². The molecular formula is C41H36N4O. The number of nitrogens with zero attached hydrogens (tertiary/aromatic N) is 4. The number of rotatable bonds is 6. The Morgan fingerprint density at radius 3 is 2.20 bits per heavy atom. The summed E-state index contributed by atoms with van der Waals surface area (Å²) in [5, 5.41) is 2.35. The predicted octanol–water partition coefficient (Wildman–Crippen LogP) is 10.6. The third-order valence-corrected chi connectivity index (χ3v) is 9.15. The van der Waals surface area contributed by atoms with Gasteiger partial charge in [0.15, 0.2) is 0 Å². The summed E-state index contributed by atoms with van der Waals surface area (Å²) in [4.78, 5) is 9.67. The zero-order valence-electron chi connectivity index (χ0n) is 26.6. The molecule has 0 saturated heterocycles. The summed E-state index contributed by atoms with van der Waals surface area (Å²) in [6.45, 7) is 9.63. The molecular weight excluding hydrogens is 564 g/mol. The van der Waals surface area contributed by atoms with Crippen LogP contribution in [0.4, 0.5) is 17.1 Å². The number of benzene rings is 5. The molecule has 46 heavy (non-hydrogen) atoms. The smallest absolute Gasteiger partial charge is 0.138 e. The van der Waals surface area contributed by atoms with Gasteiger partial charge in [-0.3, -0.25) is 4.57 Å². The van der Waals surface area contributed by atoms with Crippen LogP contribution in [0.5, 0.6) is 11.5 Å². The first-order valence-corrected chi connectivity index (χ1v) is 15.9. The molecule has 0 bridgehead atoms. The molecule has 0 amide bonds. The van der Waals surface area contributed by atoms with Crippen LogP contribution in [0.1, 0.15) is 25.0 Å². The molecule has 1 aliphatic rings. The molecule has 0 spiro atoms. The first-order valence-electron chi connectivity index (χ1n) is 15.9. The van der Waals surface area contributed by atoms with Gasteiger partial charge >= 0.3 is 0 Å². The van der Waals surface area contributed by atoms with Crippen molar-refractivity contribution in [1.82, 2.24) is 9.55 Å². The van der Waals surface area contributed by atoms with Crippen molar-refractivity contribution in [3.63, 3.8) is 0 Å². The van der Waals surface area contributed by atoms with E-state index in [1.54, 1.807) is 0 Å². The number of ether oxygens (including phenoxy) is 1. The van der Waals surface area contributed by atoms with Crippen molar-refractivity contribution in [3.05, 3.63) is 139 Å². The van der Waals surface area contributed by atoms with E-state index in [1.165, 1.54) is 38.8 Å². The van der Waals surface area contributed by atoms with E-state index < -0.39 is 0 Å². The zero-order chi connectivity index (χ0) is 31.4. The molecule has 0 saturated carbocycles. The molecule has 3 heterocycles. The Bertz CT molecular complexity index is 2230. The van der Waals surface area contributed by atoms with E-state index in [-0.39, 0.29) is 0 Å². The molecule has 5 nitrogen and oxygen atoms in total. The Labute approximate surface area is 269 Å². The van der Waals surface area contributed by atoms with Crippen LogP contribution in [0.15, 0.2) is 128 Å². The molecule has 0 fully saturated rings. The average molecular weight is 601 g/mol. The summed E-state index contributed by atoms with van der Waals surface area (Å²) >= 11 is 0. The molecule has 0 aliphatic carbocycles. The Balaban J connectivity index is 1.19. The van der Waals surface area contributed by atoms with Crippen LogP contribution < -0.4 is 14.5 Å². The van der Waals surface area contributed by atoms with E-state index in [1.807, 2.05) is 12.3 Å². The minimum Gasteiger partial charge on any atom is -0.457 e. The maximum Gasteiger partial charge on any atom is 0.138 e. The molecule has 0 N–H and O–H groups in total. The maximum absolute atomic E-state index is 6.59. The standard InChI is InChI=1S/C41H36N4O/c1-27(2)43-26-44(38-18-8-7-17-37(38)43)31-13-10-14-32(24-31)46-33-19-20-35-34-15-5-6-16-36(34)45(39(35)25-33)40-23-30(21-22-42-40)41-28(3)11-9-12-29(41)4/h5-25,27H,26H2,1-4H3. The minimum absolute atomic E-state index is 0.403. The van der Waals surface area contributed by atoms with Gasteiger partial charge in [-0.1, -0.05) is 54.6 Å². The Hall–Kier alpha value is -5.55. The molecule has 2 aromatic heterocycles. The van der Waals surface area contributed by atoms with Gasteiger partial charge in [0.1, 0.15) is 17.3 Å². The summed E-state index contributed by atoms with van der Waals surface area (Å²) in [5.74, 6) is 2.47. The highest BCUT2D eigenvalue weighted by molar-refractivity contribution is 6.09. The van der Waals surface area contributed by atoms with Gasteiger partial charge in [-0.15, -0.1) is 0 Å². The molecule has 226 valence electrons. The fourth-order valence-corrected chi connectivity index (χ4v) is 6.98. The fourth-order valence-electron chi connectivity index (χ4n) is 6.98. The van der Waals surface area contributed by atoms with Crippen LogP contribution in [0.3, 0.4) is 0 Å². The molecule has 5 aromatic carbocycles. The Kier molecular flexibility index (Phi) is 6.75. The number of anilines is 3. The number of fused-ring (bicyclic) bond motifs is 4. The van der Waals surface area contributed by atoms with Crippen molar-refractivity contribution in [1.29, 1.82) is 0 Å². The van der Waals surface area contributed by atoms with E-state index in [2.05, 4.69) is 157 Å². The quantitative estimate of drug-likeness (QED) is 0.190. The van der Waals surface area contributed by atoms with Crippen molar-refractivity contribution in [2.24, 2.45) is 0 Å². The molecule has 0 radical (unpaired) electrons. The number of pyridine rings is 1. The van der Waals surface area contributed by atoms with Gasteiger partial charge in [-0.25, -0.2) is 4.98 Å². The second-order valence-electron chi connectivity index (χ2n) is 12.4. The number of hydrogen-bond acceptors (Lipinski definition) is 4. The van der Waals surface area contributed by atoms with Gasteiger partial charge in [0.25, 0.3) is 0 Å².